The first-order valence-electron chi connectivity index (χ1n) is 5.93. The Bertz CT molecular complexity index is 618. The lowest BCUT2D eigenvalue weighted by atomic mass is 10.1. The van der Waals surface area contributed by atoms with Gasteiger partial charge in [-0.3, -0.25) is 0 Å². The van der Waals surface area contributed by atoms with Crippen LogP contribution in [0, 0.1) is 25.2 Å². The fraction of sp³-hybridized carbons (Fsp3) is 0.462. The molecular weight excluding hydrogens is 262 g/mol. The predicted molar refractivity (Wildman–Crippen MR) is 75.0 cm³/mol. The number of nitrogens with zero attached hydrogens (tertiary/aromatic N) is 2. The molecule has 0 aromatic heterocycles. The van der Waals surface area contributed by atoms with Crippen LogP contribution in [0.5, 0.6) is 0 Å². The molecule has 0 radical (unpaired) electrons. The predicted octanol–water partition coefficient (Wildman–Crippen LogP) is 1.81. The van der Waals surface area contributed by atoms with Gasteiger partial charge in [-0.25, -0.2) is 8.42 Å². The lowest BCUT2D eigenvalue weighted by Crippen LogP contribution is -2.35. The molecule has 1 unspecified atom stereocenters. The Kier molecular flexibility index (Phi) is 4.56. The zero-order valence-electron chi connectivity index (χ0n) is 11.6. The van der Waals surface area contributed by atoms with E-state index in [9.17, 15) is 8.42 Å². The van der Waals surface area contributed by atoms with Crippen molar-refractivity contribution in [1.82, 2.24) is 4.31 Å². The molecule has 0 saturated carbocycles. The van der Waals surface area contributed by atoms with Crippen molar-refractivity contribution in [2.75, 3.05) is 12.8 Å². The second-order valence-electron chi connectivity index (χ2n) is 4.71. The van der Waals surface area contributed by atoms with Gasteiger partial charge < -0.3 is 5.73 Å². The molecule has 2 N–H and O–H groups in total. The summed E-state index contributed by atoms with van der Waals surface area (Å²) in [5, 5.41) is 8.67. The van der Waals surface area contributed by atoms with Crippen molar-refractivity contribution >= 4 is 15.7 Å². The number of benzene rings is 1. The van der Waals surface area contributed by atoms with E-state index in [2.05, 4.69) is 0 Å². The van der Waals surface area contributed by atoms with Crippen molar-refractivity contribution in [2.24, 2.45) is 0 Å². The number of nitrogens with two attached hydrogens (primary N) is 1. The fourth-order valence-corrected chi connectivity index (χ4v) is 3.47. The molecule has 6 heteroatoms. The Balaban J connectivity index is 3.33. The van der Waals surface area contributed by atoms with Crippen LogP contribution < -0.4 is 5.73 Å². The molecule has 19 heavy (non-hydrogen) atoms. The highest BCUT2D eigenvalue weighted by molar-refractivity contribution is 7.89. The highest BCUT2D eigenvalue weighted by atomic mass is 32.2. The van der Waals surface area contributed by atoms with Crippen LogP contribution in [0.3, 0.4) is 0 Å². The highest BCUT2D eigenvalue weighted by Gasteiger charge is 2.27. The minimum atomic E-state index is -3.63. The summed E-state index contributed by atoms with van der Waals surface area (Å²) < 4.78 is 26.3. The third-order valence-electron chi connectivity index (χ3n) is 3.21. The molecule has 0 aliphatic carbocycles. The SMILES string of the molecule is Cc1cc(N)c(C)c(S(=O)(=O)N(C)C(C)CC#N)c1. The van der Waals surface area contributed by atoms with Crippen molar-refractivity contribution in [1.29, 1.82) is 5.26 Å². The molecule has 0 bridgehead atoms. The Morgan fingerprint density at radius 2 is 2.00 bits per heavy atom. The van der Waals surface area contributed by atoms with E-state index in [-0.39, 0.29) is 17.4 Å². The minimum Gasteiger partial charge on any atom is -0.398 e. The average molecular weight is 281 g/mol. The van der Waals surface area contributed by atoms with Crippen LogP contribution in [0.25, 0.3) is 0 Å². The van der Waals surface area contributed by atoms with Gasteiger partial charge in [0.15, 0.2) is 0 Å². The molecule has 104 valence electrons. The second-order valence-corrected chi connectivity index (χ2v) is 6.68. The summed E-state index contributed by atoms with van der Waals surface area (Å²) in [7, 11) is -2.15. The molecule has 0 aliphatic rings. The number of rotatable bonds is 4. The Morgan fingerprint density at radius 3 is 2.53 bits per heavy atom. The van der Waals surface area contributed by atoms with Crippen LogP contribution in [0.15, 0.2) is 17.0 Å². The average Bonchev–Trinajstić information content (AvgIpc) is 2.32. The standard InChI is InChI=1S/C13H19N3O2S/c1-9-7-12(15)11(3)13(8-9)19(17,18)16(4)10(2)5-6-14/h7-8,10H,5,15H2,1-4H3. The lowest BCUT2D eigenvalue weighted by Gasteiger charge is -2.24. The quantitative estimate of drug-likeness (QED) is 0.853. The maximum atomic E-state index is 12.5. The Morgan fingerprint density at radius 1 is 1.42 bits per heavy atom. The van der Waals surface area contributed by atoms with Crippen LogP contribution in [0.4, 0.5) is 5.69 Å². The first kappa shape index (κ1) is 15.5. The van der Waals surface area contributed by atoms with Gasteiger partial charge in [0.05, 0.1) is 17.4 Å². The molecule has 0 heterocycles. The molecule has 1 atom stereocenters. The maximum Gasteiger partial charge on any atom is 0.243 e. The van der Waals surface area contributed by atoms with Gasteiger partial charge >= 0.3 is 0 Å². The van der Waals surface area contributed by atoms with Gasteiger partial charge in [-0.1, -0.05) is 0 Å². The first-order valence-corrected chi connectivity index (χ1v) is 7.37. The molecule has 0 fully saturated rings. The van der Waals surface area contributed by atoms with Crippen molar-refractivity contribution in [3.63, 3.8) is 0 Å². The van der Waals surface area contributed by atoms with E-state index < -0.39 is 10.0 Å². The summed E-state index contributed by atoms with van der Waals surface area (Å²) in [6.45, 7) is 5.19. The summed E-state index contributed by atoms with van der Waals surface area (Å²) in [4.78, 5) is 0.206. The molecule has 1 aromatic rings. The number of anilines is 1. The van der Waals surface area contributed by atoms with Gasteiger partial charge in [-0.05, 0) is 44.0 Å². The number of aryl methyl sites for hydroxylation is 1. The van der Waals surface area contributed by atoms with Gasteiger partial charge in [-0.15, -0.1) is 0 Å². The topological polar surface area (TPSA) is 87.2 Å². The van der Waals surface area contributed by atoms with Crippen molar-refractivity contribution in [2.45, 2.75) is 38.1 Å². The van der Waals surface area contributed by atoms with Crippen molar-refractivity contribution < 1.29 is 8.42 Å². The zero-order chi connectivity index (χ0) is 14.8. The molecule has 0 amide bonds. The van der Waals surface area contributed by atoms with E-state index in [0.717, 1.165) is 5.56 Å². The molecule has 1 rings (SSSR count). The normalized spacial score (nSPS) is 13.3. The largest absolute Gasteiger partial charge is 0.398 e. The molecule has 0 aliphatic heterocycles. The minimum absolute atomic E-state index is 0.149. The van der Waals surface area contributed by atoms with Crippen LogP contribution in [0.2, 0.25) is 0 Å². The molecule has 5 nitrogen and oxygen atoms in total. The summed E-state index contributed by atoms with van der Waals surface area (Å²) in [5.41, 5.74) is 7.61. The van der Waals surface area contributed by atoms with Crippen LogP contribution in [-0.4, -0.2) is 25.8 Å². The van der Waals surface area contributed by atoms with E-state index in [1.54, 1.807) is 32.9 Å². The number of hydrogen-bond acceptors (Lipinski definition) is 4. The van der Waals surface area contributed by atoms with Crippen molar-refractivity contribution in [3.05, 3.63) is 23.3 Å². The summed E-state index contributed by atoms with van der Waals surface area (Å²) >= 11 is 0. The van der Waals surface area contributed by atoms with E-state index >= 15 is 0 Å². The van der Waals surface area contributed by atoms with E-state index in [1.807, 2.05) is 6.07 Å². The number of hydrogen-bond donors (Lipinski definition) is 1. The van der Waals surface area contributed by atoms with Gasteiger partial charge in [0.25, 0.3) is 0 Å². The van der Waals surface area contributed by atoms with E-state index in [4.69, 9.17) is 11.0 Å². The molecule has 1 aromatic carbocycles. The molecular formula is C13H19N3O2S. The third-order valence-corrected chi connectivity index (χ3v) is 5.31. The molecule has 0 spiro atoms. The Hall–Kier alpha value is -1.58. The highest BCUT2D eigenvalue weighted by Crippen LogP contribution is 2.26. The second kappa shape index (κ2) is 5.59. The lowest BCUT2D eigenvalue weighted by molar-refractivity contribution is 0.393. The van der Waals surface area contributed by atoms with Crippen LogP contribution in [0.1, 0.15) is 24.5 Å². The number of nitriles is 1. The van der Waals surface area contributed by atoms with E-state index in [0.29, 0.717) is 11.3 Å². The zero-order valence-corrected chi connectivity index (χ0v) is 12.5. The summed E-state index contributed by atoms with van der Waals surface area (Å²) in [5.74, 6) is 0. The maximum absolute atomic E-state index is 12.5. The van der Waals surface area contributed by atoms with Crippen LogP contribution >= 0.6 is 0 Å². The number of nitrogen functional groups attached to an aromatic ring is 1. The molecule has 0 saturated heterocycles. The fourth-order valence-electron chi connectivity index (χ4n) is 1.77. The summed E-state index contributed by atoms with van der Waals surface area (Å²) in [6.07, 6.45) is 0.149. The Labute approximate surface area is 114 Å². The number of sulfonamides is 1. The van der Waals surface area contributed by atoms with Gasteiger partial charge in [0.1, 0.15) is 0 Å². The first-order chi connectivity index (χ1) is 8.71. The van der Waals surface area contributed by atoms with Gasteiger partial charge in [0, 0.05) is 18.8 Å². The van der Waals surface area contributed by atoms with Gasteiger partial charge in [-0.2, -0.15) is 9.57 Å². The third kappa shape index (κ3) is 3.06. The monoisotopic (exact) mass is 281 g/mol. The van der Waals surface area contributed by atoms with Crippen molar-refractivity contribution in [3.8, 4) is 6.07 Å². The van der Waals surface area contributed by atoms with Gasteiger partial charge in [0.2, 0.25) is 10.0 Å². The van der Waals surface area contributed by atoms with Crippen LogP contribution in [-0.2, 0) is 10.0 Å². The smallest absolute Gasteiger partial charge is 0.243 e. The van der Waals surface area contributed by atoms with E-state index in [1.165, 1.54) is 11.4 Å². The summed E-state index contributed by atoms with van der Waals surface area (Å²) in [6, 6.07) is 4.95.